The smallest absolute Gasteiger partial charge is 0.137 e. The lowest BCUT2D eigenvalue weighted by atomic mass is 10.0. The number of nitrogens with one attached hydrogen (secondary N) is 1. The summed E-state index contributed by atoms with van der Waals surface area (Å²) in [5, 5.41) is 4.00. The molecule has 0 aliphatic heterocycles. The highest BCUT2D eigenvalue weighted by molar-refractivity contribution is 9.10. The van der Waals surface area contributed by atoms with E-state index in [1.165, 1.54) is 0 Å². The Morgan fingerprint density at radius 3 is 2.80 bits per heavy atom. The van der Waals surface area contributed by atoms with Gasteiger partial charge < -0.3 is 10.1 Å². The third-order valence-corrected chi connectivity index (χ3v) is 3.86. The summed E-state index contributed by atoms with van der Waals surface area (Å²) in [7, 11) is 1.92. The van der Waals surface area contributed by atoms with E-state index in [1.807, 2.05) is 44.4 Å². The van der Waals surface area contributed by atoms with Crippen molar-refractivity contribution in [3.8, 4) is 5.75 Å². The summed E-state index contributed by atoms with van der Waals surface area (Å²) < 4.78 is 6.47. The Kier molecular flexibility index (Phi) is 5.40. The van der Waals surface area contributed by atoms with Crippen molar-refractivity contribution in [2.45, 2.75) is 13.0 Å². The molecule has 1 heterocycles. The van der Waals surface area contributed by atoms with Crippen LogP contribution in [0.1, 0.15) is 24.1 Å². The Bertz CT molecular complexity index is 592. The van der Waals surface area contributed by atoms with Gasteiger partial charge in [0.25, 0.3) is 0 Å². The van der Waals surface area contributed by atoms with Crippen molar-refractivity contribution in [1.82, 2.24) is 10.3 Å². The molecule has 0 radical (unpaired) electrons. The van der Waals surface area contributed by atoms with E-state index in [0.29, 0.717) is 11.6 Å². The molecular formula is C15H16BrClN2O. The number of aromatic nitrogens is 1. The molecule has 0 fully saturated rings. The highest BCUT2D eigenvalue weighted by atomic mass is 79.9. The van der Waals surface area contributed by atoms with Gasteiger partial charge in [-0.25, -0.2) is 0 Å². The van der Waals surface area contributed by atoms with Gasteiger partial charge >= 0.3 is 0 Å². The second-order valence-corrected chi connectivity index (χ2v) is 5.57. The number of hydrogen-bond acceptors (Lipinski definition) is 3. The van der Waals surface area contributed by atoms with Crippen LogP contribution in [0.4, 0.5) is 0 Å². The van der Waals surface area contributed by atoms with Gasteiger partial charge in [-0.15, -0.1) is 0 Å². The molecule has 0 aliphatic carbocycles. The van der Waals surface area contributed by atoms with Crippen LogP contribution in [-0.4, -0.2) is 18.6 Å². The first-order valence-electron chi connectivity index (χ1n) is 6.35. The van der Waals surface area contributed by atoms with Gasteiger partial charge in [-0.2, -0.15) is 0 Å². The molecule has 2 aromatic rings. The minimum Gasteiger partial charge on any atom is -0.492 e. The van der Waals surface area contributed by atoms with Crippen LogP contribution in [0.2, 0.25) is 5.02 Å². The fourth-order valence-corrected chi connectivity index (χ4v) is 2.99. The number of halogens is 2. The van der Waals surface area contributed by atoms with E-state index in [0.717, 1.165) is 21.3 Å². The Labute approximate surface area is 132 Å². The fourth-order valence-electron chi connectivity index (χ4n) is 2.08. The van der Waals surface area contributed by atoms with Gasteiger partial charge in [0.15, 0.2) is 0 Å². The zero-order valence-electron chi connectivity index (χ0n) is 11.4. The highest BCUT2D eigenvalue weighted by Crippen LogP contribution is 2.31. The average molecular weight is 356 g/mol. The fraction of sp³-hybridized carbons (Fsp3) is 0.267. The van der Waals surface area contributed by atoms with E-state index in [4.69, 9.17) is 16.3 Å². The quantitative estimate of drug-likeness (QED) is 0.872. The van der Waals surface area contributed by atoms with Crippen LogP contribution in [0.3, 0.4) is 0 Å². The highest BCUT2D eigenvalue weighted by Gasteiger charge is 2.16. The van der Waals surface area contributed by atoms with Crippen LogP contribution in [-0.2, 0) is 0 Å². The standard InChI is InChI=1S/C15H16BrClN2O/c1-3-20-12-6-10(8-19-9-12)15(18-2)13-5-4-11(17)7-14(13)16/h4-9,15,18H,3H2,1-2H3. The molecule has 0 spiro atoms. The molecule has 1 aromatic carbocycles. The number of nitrogens with zero attached hydrogens (tertiary/aromatic N) is 1. The summed E-state index contributed by atoms with van der Waals surface area (Å²) in [6.45, 7) is 2.58. The number of hydrogen-bond donors (Lipinski definition) is 1. The van der Waals surface area contributed by atoms with Crippen LogP contribution >= 0.6 is 27.5 Å². The lowest BCUT2D eigenvalue weighted by Crippen LogP contribution is -2.18. The van der Waals surface area contributed by atoms with Crippen molar-refractivity contribution >= 4 is 27.5 Å². The third-order valence-electron chi connectivity index (χ3n) is 2.94. The summed E-state index contributed by atoms with van der Waals surface area (Å²) in [4.78, 5) is 4.24. The maximum atomic E-state index is 5.99. The van der Waals surface area contributed by atoms with Crippen molar-refractivity contribution < 1.29 is 4.74 Å². The summed E-state index contributed by atoms with van der Waals surface area (Å²) in [5.74, 6) is 0.773. The molecule has 1 aromatic heterocycles. The molecule has 20 heavy (non-hydrogen) atoms. The minimum atomic E-state index is 0.0227. The molecule has 106 valence electrons. The zero-order chi connectivity index (χ0) is 14.5. The first-order valence-corrected chi connectivity index (χ1v) is 7.52. The Morgan fingerprint density at radius 2 is 2.15 bits per heavy atom. The Hall–Kier alpha value is -1.10. The van der Waals surface area contributed by atoms with Gasteiger partial charge in [0.05, 0.1) is 18.8 Å². The van der Waals surface area contributed by atoms with Gasteiger partial charge in [-0.1, -0.05) is 33.6 Å². The number of benzene rings is 1. The van der Waals surface area contributed by atoms with Crippen LogP contribution in [0.25, 0.3) is 0 Å². The number of pyridine rings is 1. The number of ether oxygens (including phenoxy) is 1. The molecule has 5 heteroatoms. The van der Waals surface area contributed by atoms with Gasteiger partial charge in [-0.3, -0.25) is 4.98 Å². The predicted octanol–water partition coefficient (Wildman–Crippen LogP) is 4.21. The van der Waals surface area contributed by atoms with Crippen LogP contribution in [0.15, 0.2) is 41.1 Å². The average Bonchev–Trinajstić information content (AvgIpc) is 2.43. The van der Waals surface area contributed by atoms with Gasteiger partial charge in [-0.05, 0) is 43.3 Å². The second kappa shape index (κ2) is 7.07. The van der Waals surface area contributed by atoms with Gasteiger partial charge in [0, 0.05) is 15.7 Å². The maximum absolute atomic E-state index is 5.99. The summed E-state index contributed by atoms with van der Waals surface area (Å²) >= 11 is 9.55. The molecule has 2 rings (SSSR count). The van der Waals surface area contributed by atoms with Gasteiger partial charge in [0.1, 0.15) is 5.75 Å². The van der Waals surface area contributed by atoms with E-state index in [2.05, 4.69) is 26.2 Å². The van der Waals surface area contributed by atoms with Crippen LogP contribution in [0, 0.1) is 0 Å². The van der Waals surface area contributed by atoms with Crippen LogP contribution in [0.5, 0.6) is 5.75 Å². The SMILES string of the molecule is CCOc1cncc(C(NC)c2ccc(Cl)cc2Br)c1. The summed E-state index contributed by atoms with van der Waals surface area (Å²) in [6, 6.07) is 7.79. The van der Waals surface area contributed by atoms with Crippen molar-refractivity contribution in [2.75, 3.05) is 13.7 Å². The lowest BCUT2D eigenvalue weighted by Gasteiger charge is -2.19. The topological polar surface area (TPSA) is 34.1 Å². The van der Waals surface area contributed by atoms with Crippen molar-refractivity contribution in [3.63, 3.8) is 0 Å². The Balaban J connectivity index is 2.38. The van der Waals surface area contributed by atoms with Gasteiger partial charge in [0.2, 0.25) is 0 Å². The second-order valence-electron chi connectivity index (χ2n) is 4.27. The summed E-state index contributed by atoms with van der Waals surface area (Å²) in [5.41, 5.74) is 2.15. The van der Waals surface area contributed by atoms with E-state index < -0.39 is 0 Å². The first kappa shape index (κ1) is 15.3. The minimum absolute atomic E-state index is 0.0227. The monoisotopic (exact) mass is 354 g/mol. The zero-order valence-corrected chi connectivity index (χ0v) is 13.7. The van der Waals surface area contributed by atoms with E-state index in [-0.39, 0.29) is 6.04 Å². The van der Waals surface area contributed by atoms with Crippen LogP contribution < -0.4 is 10.1 Å². The first-order chi connectivity index (χ1) is 9.65. The van der Waals surface area contributed by atoms with Crippen molar-refractivity contribution in [3.05, 3.63) is 57.3 Å². The molecule has 1 atom stereocenters. The largest absolute Gasteiger partial charge is 0.492 e. The normalized spacial score (nSPS) is 12.2. The molecular weight excluding hydrogens is 340 g/mol. The molecule has 1 N–H and O–H groups in total. The molecule has 3 nitrogen and oxygen atoms in total. The molecule has 0 saturated heterocycles. The molecule has 0 saturated carbocycles. The third kappa shape index (κ3) is 3.51. The van der Waals surface area contributed by atoms with E-state index in [1.54, 1.807) is 6.20 Å². The number of rotatable bonds is 5. The molecule has 0 bridgehead atoms. The van der Waals surface area contributed by atoms with Crippen molar-refractivity contribution in [2.24, 2.45) is 0 Å². The molecule has 0 aliphatic rings. The lowest BCUT2D eigenvalue weighted by molar-refractivity contribution is 0.338. The molecule has 0 amide bonds. The van der Waals surface area contributed by atoms with E-state index >= 15 is 0 Å². The molecule has 1 unspecified atom stereocenters. The van der Waals surface area contributed by atoms with E-state index in [9.17, 15) is 0 Å². The predicted molar refractivity (Wildman–Crippen MR) is 85.5 cm³/mol. The Morgan fingerprint density at radius 1 is 1.35 bits per heavy atom. The maximum Gasteiger partial charge on any atom is 0.137 e. The summed E-state index contributed by atoms with van der Waals surface area (Å²) in [6.07, 6.45) is 3.56. The van der Waals surface area contributed by atoms with Crippen molar-refractivity contribution in [1.29, 1.82) is 0 Å².